The smallest absolute Gasteiger partial charge is 0.320 e. The molecule has 4 heteroatoms. The molecule has 0 heterocycles. The second kappa shape index (κ2) is 9.93. The van der Waals surface area contributed by atoms with Gasteiger partial charge < -0.3 is 15.5 Å². The highest BCUT2D eigenvalue weighted by Crippen LogP contribution is 2.00. The van der Waals surface area contributed by atoms with Crippen molar-refractivity contribution in [2.75, 3.05) is 13.2 Å². The first-order valence-electron chi connectivity index (χ1n) is 5.79. The Labute approximate surface area is 91.7 Å². The fourth-order valence-corrected chi connectivity index (χ4v) is 1.47. The quantitative estimate of drug-likeness (QED) is 0.484. The third-order valence-corrected chi connectivity index (χ3v) is 2.35. The number of nitrogens with one attached hydrogen (secondary N) is 1. The van der Waals surface area contributed by atoms with Crippen molar-refractivity contribution in [3.05, 3.63) is 0 Å². The van der Waals surface area contributed by atoms with Gasteiger partial charge in [0.25, 0.3) is 0 Å². The van der Waals surface area contributed by atoms with Crippen LogP contribution in [0.5, 0.6) is 0 Å². The molecule has 15 heavy (non-hydrogen) atoms. The van der Waals surface area contributed by atoms with Crippen LogP contribution < -0.4 is 5.32 Å². The molecule has 0 aliphatic carbocycles. The number of hydrogen-bond donors (Lipinski definition) is 3. The molecule has 0 aliphatic heterocycles. The molecule has 0 aromatic rings. The lowest BCUT2D eigenvalue weighted by Gasteiger charge is -2.12. The number of aliphatic hydroxyl groups excluding tert-OH is 1. The maximum absolute atomic E-state index is 10.8. The van der Waals surface area contributed by atoms with Gasteiger partial charge in [0, 0.05) is 6.61 Å². The summed E-state index contributed by atoms with van der Waals surface area (Å²) in [5, 5.41) is 20.4. The highest BCUT2D eigenvalue weighted by atomic mass is 16.4. The topological polar surface area (TPSA) is 69.6 Å². The van der Waals surface area contributed by atoms with E-state index in [9.17, 15) is 4.79 Å². The number of carbonyl (C=O) groups is 1. The monoisotopic (exact) mass is 217 g/mol. The molecule has 90 valence electrons. The summed E-state index contributed by atoms with van der Waals surface area (Å²) in [5.41, 5.74) is 0. The average Bonchev–Trinajstić information content (AvgIpc) is 2.21. The zero-order chi connectivity index (χ0) is 11.5. The van der Waals surface area contributed by atoms with Crippen molar-refractivity contribution in [3.63, 3.8) is 0 Å². The number of aliphatic carboxylic acids is 1. The molecule has 0 aromatic heterocycles. The normalized spacial score (nSPS) is 12.7. The molecule has 0 amide bonds. The van der Waals surface area contributed by atoms with Crippen LogP contribution >= 0.6 is 0 Å². The predicted octanol–water partition coefficient (Wildman–Crippen LogP) is 1.38. The summed E-state index contributed by atoms with van der Waals surface area (Å²) in [6, 6.07) is -0.396. The Morgan fingerprint density at radius 3 is 2.47 bits per heavy atom. The van der Waals surface area contributed by atoms with Gasteiger partial charge >= 0.3 is 5.97 Å². The summed E-state index contributed by atoms with van der Waals surface area (Å²) in [6.45, 7) is 2.99. The van der Waals surface area contributed by atoms with Crippen molar-refractivity contribution in [2.24, 2.45) is 0 Å². The number of rotatable bonds is 10. The molecule has 1 unspecified atom stereocenters. The van der Waals surface area contributed by atoms with E-state index in [1.54, 1.807) is 0 Å². The molecular weight excluding hydrogens is 194 g/mol. The summed E-state index contributed by atoms with van der Waals surface area (Å²) in [6.07, 6.45) is 5.46. The van der Waals surface area contributed by atoms with Gasteiger partial charge in [-0.2, -0.15) is 0 Å². The van der Waals surface area contributed by atoms with Crippen LogP contribution in [0.4, 0.5) is 0 Å². The van der Waals surface area contributed by atoms with Crippen LogP contribution in [0.2, 0.25) is 0 Å². The average molecular weight is 217 g/mol. The minimum atomic E-state index is -0.757. The minimum absolute atomic E-state index is 0.251. The number of carboxylic acids is 1. The lowest BCUT2D eigenvalue weighted by Crippen LogP contribution is -2.37. The Morgan fingerprint density at radius 1 is 1.27 bits per heavy atom. The highest BCUT2D eigenvalue weighted by Gasteiger charge is 2.14. The van der Waals surface area contributed by atoms with Crippen molar-refractivity contribution in [1.82, 2.24) is 5.32 Å². The van der Waals surface area contributed by atoms with Crippen molar-refractivity contribution in [3.8, 4) is 0 Å². The van der Waals surface area contributed by atoms with Crippen molar-refractivity contribution in [2.45, 2.75) is 51.5 Å². The molecule has 3 N–H and O–H groups in total. The van der Waals surface area contributed by atoms with E-state index in [4.69, 9.17) is 10.2 Å². The molecule has 0 aliphatic rings. The van der Waals surface area contributed by atoms with Gasteiger partial charge in [0.1, 0.15) is 6.04 Å². The molecule has 0 saturated heterocycles. The molecule has 0 radical (unpaired) electrons. The Hall–Kier alpha value is -0.610. The van der Waals surface area contributed by atoms with E-state index in [2.05, 4.69) is 5.32 Å². The molecule has 0 rings (SSSR count). The van der Waals surface area contributed by atoms with E-state index >= 15 is 0 Å². The van der Waals surface area contributed by atoms with Gasteiger partial charge in [0.15, 0.2) is 0 Å². The number of unbranched alkanes of at least 4 members (excludes halogenated alkanes) is 3. The molecule has 1 atom stereocenters. The van der Waals surface area contributed by atoms with Crippen molar-refractivity contribution in [1.29, 1.82) is 0 Å². The first kappa shape index (κ1) is 14.4. The molecule has 0 bridgehead atoms. The Balaban J connectivity index is 3.41. The van der Waals surface area contributed by atoms with E-state index in [1.165, 1.54) is 0 Å². The van der Waals surface area contributed by atoms with E-state index < -0.39 is 12.0 Å². The first-order chi connectivity index (χ1) is 7.22. The number of carboxylic acid groups (broad SMARTS) is 1. The van der Waals surface area contributed by atoms with E-state index in [0.717, 1.165) is 38.6 Å². The standard InChI is InChI=1S/C11H23NO3/c1-2-7-10(11(14)15)12-8-5-3-4-6-9-13/h10,12-13H,2-9H2,1H3,(H,14,15). The van der Waals surface area contributed by atoms with Gasteiger partial charge in [-0.3, -0.25) is 4.79 Å². The number of aliphatic hydroxyl groups is 1. The van der Waals surface area contributed by atoms with E-state index in [1.807, 2.05) is 6.92 Å². The van der Waals surface area contributed by atoms with E-state index in [-0.39, 0.29) is 6.61 Å². The van der Waals surface area contributed by atoms with Gasteiger partial charge in [-0.1, -0.05) is 26.2 Å². The fourth-order valence-electron chi connectivity index (χ4n) is 1.47. The second-order valence-corrected chi connectivity index (χ2v) is 3.77. The maximum atomic E-state index is 10.8. The predicted molar refractivity (Wildman–Crippen MR) is 59.9 cm³/mol. The maximum Gasteiger partial charge on any atom is 0.320 e. The van der Waals surface area contributed by atoms with Gasteiger partial charge in [0.05, 0.1) is 0 Å². The first-order valence-corrected chi connectivity index (χ1v) is 5.79. The van der Waals surface area contributed by atoms with Crippen LogP contribution in [0.25, 0.3) is 0 Å². The van der Waals surface area contributed by atoms with Crippen LogP contribution in [-0.4, -0.2) is 35.4 Å². The number of hydrogen-bond acceptors (Lipinski definition) is 3. The van der Waals surface area contributed by atoms with Crippen molar-refractivity contribution >= 4 is 5.97 Å². The van der Waals surface area contributed by atoms with Gasteiger partial charge in [-0.25, -0.2) is 0 Å². The van der Waals surface area contributed by atoms with Gasteiger partial charge in [-0.05, 0) is 25.8 Å². The molecule has 0 spiro atoms. The van der Waals surface area contributed by atoms with E-state index in [0.29, 0.717) is 6.42 Å². The van der Waals surface area contributed by atoms with Crippen molar-refractivity contribution < 1.29 is 15.0 Å². The highest BCUT2D eigenvalue weighted by molar-refractivity contribution is 5.73. The van der Waals surface area contributed by atoms with Crippen LogP contribution in [0.3, 0.4) is 0 Å². The fraction of sp³-hybridized carbons (Fsp3) is 0.909. The summed E-state index contributed by atoms with van der Waals surface area (Å²) in [5.74, 6) is -0.757. The Bertz CT molecular complexity index is 162. The lowest BCUT2D eigenvalue weighted by atomic mass is 10.1. The molecular formula is C11H23NO3. The molecule has 0 fully saturated rings. The minimum Gasteiger partial charge on any atom is -0.480 e. The third kappa shape index (κ3) is 8.39. The Kier molecular flexibility index (Phi) is 9.52. The SMILES string of the molecule is CCCC(NCCCCCCO)C(=O)O. The largest absolute Gasteiger partial charge is 0.480 e. The summed E-state index contributed by atoms with van der Waals surface area (Å²) in [7, 11) is 0. The summed E-state index contributed by atoms with van der Waals surface area (Å²) >= 11 is 0. The third-order valence-electron chi connectivity index (χ3n) is 2.35. The van der Waals surface area contributed by atoms with Crippen LogP contribution in [0.1, 0.15) is 45.4 Å². The lowest BCUT2D eigenvalue weighted by molar-refractivity contribution is -0.139. The van der Waals surface area contributed by atoms with Crippen LogP contribution in [-0.2, 0) is 4.79 Å². The zero-order valence-electron chi connectivity index (χ0n) is 9.54. The molecule has 0 saturated carbocycles. The molecule has 4 nitrogen and oxygen atoms in total. The summed E-state index contributed by atoms with van der Waals surface area (Å²) < 4.78 is 0. The molecule has 0 aromatic carbocycles. The second-order valence-electron chi connectivity index (χ2n) is 3.77. The van der Waals surface area contributed by atoms with Gasteiger partial charge in [-0.15, -0.1) is 0 Å². The van der Waals surface area contributed by atoms with Crippen LogP contribution in [0.15, 0.2) is 0 Å². The zero-order valence-corrected chi connectivity index (χ0v) is 9.54. The van der Waals surface area contributed by atoms with Crippen LogP contribution in [0, 0.1) is 0 Å². The Morgan fingerprint density at radius 2 is 1.93 bits per heavy atom. The summed E-state index contributed by atoms with van der Waals surface area (Å²) in [4.78, 5) is 10.8. The van der Waals surface area contributed by atoms with Gasteiger partial charge in [0.2, 0.25) is 0 Å².